The van der Waals surface area contributed by atoms with Crippen LogP contribution in [0.5, 0.6) is 0 Å². The van der Waals surface area contributed by atoms with Crippen molar-refractivity contribution in [1.82, 2.24) is 4.90 Å². The van der Waals surface area contributed by atoms with Crippen LogP contribution >= 0.6 is 0 Å². The maximum Gasteiger partial charge on any atom is 0.371 e. The lowest BCUT2D eigenvalue weighted by Gasteiger charge is -2.36. The average molecular weight is 245 g/mol. The Kier molecular flexibility index (Phi) is 4.61. The van der Waals surface area contributed by atoms with E-state index in [9.17, 15) is 4.79 Å². The van der Waals surface area contributed by atoms with Crippen molar-refractivity contribution in [2.45, 2.75) is 38.9 Å². The summed E-state index contributed by atoms with van der Waals surface area (Å²) in [4.78, 5) is 12.7. The highest BCUT2D eigenvalue weighted by atomic mass is 28.4. The van der Waals surface area contributed by atoms with Gasteiger partial charge in [-0.3, -0.25) is 0 Å². The fourth-order valence-electron chi connectivity index (χ4n) is 0.788. The highest BCUT2D eigenvalue weighted by Gasteiger charge is 2.40. The van der Waals surface area contributed by atoms with Gasteiger partial charge in [0.15, 0.2) is 0 Å². The lowest BCUT2D eigenvalue weighted by molar-refractivity contribution is -0.135. The minimum Gasteiger partial charge on any atom is -0.538 e. The Hall–Kier alpha value is -0.973. The number of hydrogen-bond acceptors (Lipinski definition) is 3. The van der Waals surface area contributed by atoms with Crippen molar-refractivity contribution >= 4 is 14.3 Å². The first-order chi connectivity index (χ1) is 6.97. The van der Waals surface area contributed by atoms with Crippen molar-refractivity contribution in [3.05, 3.63) is 12.0 Å². The summed E-state index contributed by atoms with van der Waals surface area (Å²) in [7, 11) is 1.48. The molecule has 94 valence electrons. The Bertz CT molecular complexity index is 290. The quantitative estimate of drug-likeness (QED) is 0.470. The highest BCUT2D eigenvalue weighted by molar-refractivity contribution is 6.74. The Balaban J connectivity index is 4.99. The molecule has 16 heavy (non-hydrogen) atoms. The normalized spacial score (nSPS) is 13.6. The first-order valence-corrected chi connectivity index (χ1v) is 8.19. The van der Waals surface area contributed by atoms with Gasteiger partial charge in [-0.15, -0.1) is 0 Å². The number of carbonyl (C=O) groups is 1. The van der Waals surface area contributed by atoms with Crippen LogP contribution in [0.15, 0.2) is 12.0 Å². The molecule has 5 heteroatoms. The molecule has 0 saturated heterocycles. The molecule has 0 amide bonds. The molecule has 0 aromatic carbocycles. The van der Waals surface area contributed by atoms with Crippen molar-refractivity contribution in [3.63, 3.8) is 0 Å². The van der Waals surface area contributed by atoms with Gasteiger partial charge in [0.1, 0.15) is 0 Å². The van der Waals surface area contributed by atoms with Crippen LogP contribution < -0.4 is 0 Å². The molecule has 0 rings (SSSR count). The third-order valence-corrected chi connectivity index (χ3v) is 7.10. The van der Waals surface area contributed by atoms with Crippen molar-refractivity contribution in [2.75, 3.05) is 14.1 Å². The summed E-state index contributed by atoms with van der Waals surface area (Å²) in [6.45, 7) is 10.3. The van der Waals surface area contributed by atoms with E-state index in [1.54, 1.807) is 19.0 Å². The summed E-state index contributed by atoms with van der Waals surface area (Å²) in [6, 6.07) is 0. The monoisotopic (exact) mass is 245 g/mol. The number of rotatable bonds is 4. The van der Waals surface area contributed by atoms with E-state index in [-0.39, 0.29) is 10.8 Å². The second-order valence-corrected chi connectivity index (χ2v) is 10.3. The molecular formula is C11H23NO3Si. The van der Waals surface area contributed by atoms with Gasteiger partial charge >= 0.3 is 5.97 Å². The van der Waals surface area contributed by atoms with Crippen molar-refractivity contribution in [1.29, 1.82) is 0 Å². The van der Waals surface area contributed by atoms with Crippen LogP contribution in [0.4, 0.5) is 0 Å². The molecule has 0 aliphatic heterocycles. The Morgan fingerprint density at radius 1 is 1.31 bits per heavy atom. The lowest BCUT2D eigenvalue weighted by atomic mass is 10.2. The minimum absolute atomic E-state index is 0.00610. The molecule has 0 aliphatic rings. The number of carboxylic acid groups (broad SMARTS) is 1. The number of carboxylic acids is 1. The molecule has 0 aromatic heterocycles. The summed E-state index contributed by atoms with van der Waals surface area (Å²) in [6.07, 6.45) is 1.50. The standard InChI is InChI=1S/C11H23NO3Si/c1-11(2,3)16(6,7)15-9(10(13)14)8-12(4)5/h8H,1-7H3,(H,13,14). The van der Waals surface area contributed by atoms with Gasteiger partial charge in [0.05, 0.1) is 0 Å². The zero-order chi connectivity index (χ0) is 13.1. The maximum atomic E-state index is 11.0. The van der Waals surface area contributed by atoms with Crippen molar-refractivity contribution < 1.29 is 14.3 Å². The fourth-order valence-corrected chi connectivity index (χ4v) is 1.78. The third-order valence-electron chi connectivity index (χ3n) is 2.76. The number of nitrogens with zero attached hydrogens (tertiary/aromatic N) is 1. The van der Waals surface area contributed by atoms with Gasteiger partial charge in [-0.2, -0.15) is 0 Å². The molecule has 1 N–H and O–H groups in total. The van der Waals surface area contributed by atoms with Crippen LogP contribution in [0.2, 0.25) is 18.1 Å². The molecular weight excluding hydrogens is 222 g/mol. The second-order valence-electron chi connectivity index (χ2n) is 5.62. The molecule has 0 radical (unpaired) electrons. The first-order valence-electron chi connectivity index (χ1n) is 5.28. The highest BCUT2D eigenvalue weighted by Crippen LogP contribution is 2.37. The average Bonchev–Trinajstić information content (AvgIpc) is 1.98. The van der Waals surface area contributed by atoms with E-state index in [1.807, 2.05) is 13.1 Å². The molecule has 0 fully saturated rings. The predicted molar refractivity (Wildman–Crippen MR) is 67.7 cm³/mol. The van der Waals surface area contributed by atoms with Crippen LogP contribution in [0.3, 0.4) is 0 Å². The van der Waals surface area contributed by atoms with Crippen LogP contribution in [0, 0.1) is 0 Å². The van der Waals surface area contributed by atoms with Crippen molar-refractivity contribution in [2.24, 2.45) is 0 Å². The Labute approximate surface area is 99.0 Å². The SMILES string of the molecule is CN(C)C=C(O[Si](C)(C)C(C)(C)C)C(=O)O. The first kappa shape index (κ1) is 15.0. The largest absolute Gasteiger partial charge is 0.538 e. The summed E-state index contributed by atoms with van der Waals surface area (Å²) in [5, 5.41) is 9.05. The van der Waals surface area contributed by atoms with Crippen LogP contribution in [0.25, 0.3) is 0 Å². The zero-order valence-corrected chi connectivity index (χ0v) is 12.3. The van der Waals surface area contributed by atoms with Gasteiger partial charge in [-0.05, 0) is 18.1 Å². The van der Waals surface area contributed by atoms with Gasteiger partial charge in [-0.25, -0.2) is 4.79 Å². The van der Waals surface area contributed by atoms with Crippen molar-refractivity contribution in [3.8, 4) is 0 Å². The van der Waals surface area contributed by atoms with E-state index in [0.717, 1.165) is 0 Å². The summed E-state index contributed by atoms with van der Waals surface area (Å²) < 4.78 is 5.73. The van der Waals surface area contributed by atoms with Crippen LogP contribution in [0.1, 0.15) is 20.8 Å². The smallest absolute Gasteiger partial charge is 0.371 e. The lowest BCUT2D eigenvalue weighted by Crippen LogP contribution is -2.41. The summed E-state index contributed by atoms with van der Waals surface area (Å²) in [5.74, 6) is -0.991. The number of hydrogen-bond donors (Lipinski definition) is 1. The van der Waals surface area contributed by atoms with E-state index in [0.29, 0.717) is 0 Å². The predicted octanol–water partition coefficient (Wildman–Crippen LogP) is 2.50. The summed E-state index contributed by atoms with van der Waals surface area (Å²) >= 11 is 0. The molecule has 0 aromatic rings. The molecule has 0 aliphatic carbocycles. The molecule has 0 saturated carbocycles. The van der Waals surface area contributed by atoms with E-state index >= 15 is 0 Å². The Morgan fingerprint density at radius 3 is 2.00 bits per heavy atom. The van der Waals surface area contributed by atoms with Gasteiger partial charge in [0.2, 0.25) is 5.76 Å². The van der Waals surface area contributed by atoms with E-state index in [1.165, 1.54) is 6.20 Å². The molecule has 0 atom stereocenters. The molecule has 0 bridgehead atoms. The number of aliphatic carboxylic acids is 1. The topological polar surface area (TPSA) is 49.8 Å². The maximum absolute atomic E-state index is 11.0. The van der Waals surface area contributed by atoms with Gasteiger partial charge in [0.25, 0.3) is 8.32 Å². The third kappa shape index (κ3) is 4.26. The van der Waals surface area contributed by atoms with E-state index in [4.69, 9.17) is 9.53 Å². The molecule has 0 heterocycles. The zero-order valence-electron chi connectivity index (χ0n) is 11.3. The molecule has 0 spiro atoms. The summed E-state index contributed by atoms with van der Waals surface area (Å²) in [5.41, 5.74) is 0. The Morgan fingerprint density at radius 2 is 1.75 bits per heavy atom. The minimum atomic E-state index is -2.07. The van der Waals surface area contributed by atoms with Gasteiger partial charge in [0, 0.05) is 20.3 Å². The van der Waals surface area contributed by atoms with E-state index < -0.39 is 14.3 Å². The second kappa shape index (κ2) is 4.91. The van der Waals surface area contributed by atoms with Gasteiger partial charge < -0.3 is 14.4 Å². The van der Waals surface area contributed by atoms with Crippen LogP contribution in [-0.2, 0) is 9.22 Å². The molecule has 4 nitrogen and oxygen atoms in total. The fraction of sp³-hybridized carbons (Fsp3) is 0.727. The molecule has 0 unspecified atom stereocenters. The van der Waals surface area contributed by atoms with Gasteiger partial charge in [-0.1, -0.05) is 20.8 Å². The van der Waals surface area contributed by atoms with E-state index in [2.05, 4.69) is 20.8 Å². The van der Waals surface area contributed by atoms with Crippen LogP contribution in [-0.4, -0.2) is 38.4 Å².